The summed E-state index contributed by atoms with van der Waals surface area (Å²) in [4.78, 5) is 23.6. The molecule has 1 unspecified atom stereocenters. The van der Waals surface area contributed by atoms with Gasteiger partial charge in [-0.1, -0.05) is 32.9 Å². The van der Waals surface area contributed by atoms with Crippen LogP contribution in [0.25, 0.3) is 10.9 Å². The summed E-state index contributed by atoms with van der Waals surface area (Å²) in [6, 6.07) is 5.96. The van der Waals surface area contributed by atoms with Crippen molar-refractivity contribution in [3.8, 4) is 0 Å². The van der Waals surface area contributed by atoms with Crippen molar-refractivity contribution >= 4 is 22.7 Å². The van der Waals surface area contributed by atoms with E-state index in [0.29, 0.717) is 12.8 Å². The second kappa shape index (κ2) is 4.97. The second-order valence-electron chi connectivity index (χ2n) is 7.14. The number of imide groups is 1. The van der Waals surface area contributed by atoms with E-state index in [2.05, 4.69) is 45.1 Å². The molecule has 1 atom stereocenters. The van der Waals surface area contributed by atoms with Crippen LogP contribution >= 0.6 is 0 Å². The Bertz CT molecular complexity index is 765. The maximum absolute atomic E-state index is 12.2. The third-order valence-electron chi connectivity index (χ3n) is 4.40. The minimum absolute atomic E-state index is 0.0429. The van der Waals surface area contributed by atoms with Crippen LogP contribution in [0.1, 0.15) is 50.8 Å². The molecule has 0 radical (unpaired) electrons. The summed E-state index contributed by atoms with van der Waals surface area (Å²) in [6.07, 6.45) is 3.00. The minimum atomic E-state index is -0.302. The Labute approximate surface area is 130 Å². The van der Waals surface area contributed by atoms with Gasteiger partial charge in [-0.2, -0.15) is 0 Å². The zero-order valence-electron chi connectivity index (χ0n) is 13.6. The van der Waals surface area contributed by atoms with Crippen LogP contribution in [-0.4, -0.2) is 16.4 Å². The first-order valence-electron chi connectivity index (χ1n) is 7.73. The molecule has 1 aliphatic heterocycles. The second-order valence-corrected chi connectivity index (χ2v) is 7.14. The van der Waals surface area contributed by atoms with Gasteiger partial charge in [0, 0.05) is 23.5 Å². The molecule has 2 amide bonds. The molecule has 4 heteroatoms. The van der Waals surface area contributed by atoms with Crippen LogP contribution in [0.2, 0.25) is 0 Å². The summed E-state index contributed by atoms with van der Waals surface area (Å²) in [7, 11) is 0. The Morgan fingerprint density at radius 1 is 1.23 bits per heavy atom. The van der Waals surface area contributed by atoms with Crippen molar-refractivity contribution in [2.45, 2.75) is 52.0 Å². The number of rotatable bonds is 1. The molecule has 0 bridgehead atoms. The third kappa shape index (κ3) is 2.32. The number of hydrogen-bond acceptors (Lipinski definition) is 2. The number of aryl methyl sites for hydroxylation is 1. The molecule has 1 aliphatic rings. The first-order chi connectivity index (χ1) is 10.3. The van der Waals surface area contributed by atoms with Crippen molar-refractivity contribution in [3.05, 3.63) is 35.5 Å². The first-order valence-corrected chi connectivity index (χ1v) is 7.73. The smallest absolute Gasteiger partial charge is 0.249 e. The predicted octanol–water partition coefficient (Wildman–Crippen LogP) is 3.22. The van der Waals surface area contributed by atoms with E-state index in [4.69, 9.17) is 0 Å². The van der Waals surface area contributed by atoms with Crippen LogP contribution in [0.3, 0.4) is 0 Å². The predicted molar refractivity (Wildman–Crippen MR) is 86.8 cm³/mol. The third-order valence-corrected chi connectivity index (χ3v) is 4.40. The highest BCUT2D eigenvalue weighted by Gasteiger charge is 2.30. The van der Waals surface area contributed by atoms with E-state index in [-0.39, 0.29) is 23.3 Å². The van der Waals surface area contributed by atoms with Gasteiger partial charge in [0.2, 0.25) is 11.8 Å². The van der Waals surface area contributed by atoms with E-state index in [0.717, 1.165) is 5.52 Å². The highest BCUT2D eigenvalue weighted by molar-refractivity contribution is 6.00. The Balaban J connectivity index is 2.17. The topological polar surface area (TPSA) is 51.1 Å². The number of benzene rings is 1. The molecule has 1 aromatic carbocycles. The molecule has 2 heterocycles. The molecule has 1 fully saturated rings. The Kier molecular flexibility index (Phi) is 3.35. The van der Waals surface area contributed by atoms with Crippen LogP contribution in [0.15, 0.2) is 24.4 Å². The normalized spacial score (nSPS) is 19.5. The van der Waals surface area contributed by atoms with Crippen LogP contribution in [-0.2, 0) is 15.0 Å². The van der Waals surface area contributed by atoms with E-state index in [1.807, 2.05) is 16.8 Å². The summed E-state index contributed by atoms with van der Waals surface area (Å²) >= 11 is 0. The minimum Gasteiger partial charge on any atom is -0.335 e. The van der Waals surface area contributed by atoms with Crippen LogP contribution < -0.4 is 5.32 Å². The first kappa shape index (κ1) is 14.8. The van der Waals surface area contributed by atoms with Gasteiger partial charge in [-0.05, 0) is 36.0 Å². The molecule has 116 valence electrons. The standard InChI is InChI=1S/C18H22N2O2/c1-11-10-20(14-8-9-15(21)19-17(14)22)13-7-5-6-12(16(11)13)18(2,3)4/h5-7,10,14H,8-9H2,1-4H3,(H,19,21,22). The van der Waals surface area contributed by atoms with Gasteiger partial charge >= 0.3 is 0 Å². The average molecular weight is 298 g/mol. The number of carbonyl (C=O) groups excluding carboxylic acids is 2. The Morgan fingerprint density at radius 3 is 2.59 bits per heavy atom. The molecule has 3 rings (SSSR count). The molecular weight excluding hydrogens is 276 g/mol. The molecule has 22 heavy (non-hydrogen) atoms. The number of aromatic nitrogens is 1. The fourth-order valence-electron chi connectivity index (χ4n) is 3.34. The molecule has 0 saturated carbocycles. The van der Waals surface area contributed by atoms with Gasteiger partial charge in [0.15, 0.2) is 0 Å². The summed E-state index contributed by atoms with van der Waals surface area (Å²) in [5.41, 5.74) is 3.57. The maximum Gasteiger partial charge on any atom is 0.249 e. The lowest BCUT2D eigenvalue weighted by Gasteiger charge is -2.24. The number of carbonyl (C=O) groups is 2. The zero-order chi connectivity index (χ0) is 16.1. The Hall–Kier alpha value is -2.10. The molecule has 1 saturated heterocycles. The highest BCUT2D eigenvalue weighted by atomic mass is 16.2. The van der Waals surface area contributed by atoms with E-state index in [9.17, 15) is 9.59 Å². The number of piperidine rings is 1. The average Bonchev–Trinajstić information content (AvgIpc) is 2.75. The lowest BCUT2D eigenvalue weighted by molar-refractivity contribution is -0.135. The lowest BCUT2D eigenvalue weighted by Crippen LogP contribution is -2.41. The van der Waals surface area contributed by atoms with Gasteiger partial charge in [-0.25, -0.2) is 0 Å². The number of nitrogens with one attached hydrogen (secondary N) is 1. The molecule has 0 aliphatic carbocycles. The lowest BCUT2D eigenvalue weighted by atomic mass is 9.84. The number of nitrogens with zero attached hydrogens (tertiary/aromatic N) is 1. The molecule has 2 aromatic rings. The summed E-state index contributed by atoms with van der Waals surface area (Å²) in [5.74, 6) is -0.376. The van der Waals surface area contributed by atoms with Crippen molar-refractivity contribution in [1.29, 1.82) is 0 Å². The van der Waals surface area contributed by atoms with Crippen LogP contribution in [0.4, 0.5) is 0 Å². The van der Waals surface area contributed by atoms with E-state index in [1.165, 1.54) is 16.5 Å². The quantitative estimate of drug-likeness (QED) is 0.822. The van der Waals surface area contributed by atoms with Crippen molar-refractivity contribution in [1.82, 2.24) is 9.88 Å². The van der Waals surface area contributed by atoms with Gasteiger partial charge in [0.25, 0.3) is 0 Å². The van der Waals surface area contributed by atoms with E-state index >= 15 is 0 Å². The zero-order valence-corrected chi connectivity index (χ0v) is 13.6. The number of hydrogen-bond donors (Lipinski definition) is 1. The SMILES string of the molecule is Cc1cn(C2CCC(=O)NC2=O)c2cccc(C(C)(C)C)c12. The summed E-state index contributed by atoms with van der Waals surface area (Å²) in [6.45, 7) is 8.68. The fourth-order valence-corrected chi connectivity index (χ4v) is 3.34. The molecule has 1 aromatic heterocycles. The summed E-state index contributed by atoms with van der Waals surface area (Å²) < 4.78 is 2.03. The van der Waals surface area contributed by atoms with Crippen molar-refractivity contribution in [3.63, 3.8) is 0 Å². The van der Waals surface area contributed by atoms with E-state index < -0.39 is 0 Å². The molecule has 0 spiro atoms. The van der Waals surface area contributed by atoms with Gasteiger partial charge in [-0.15, -0.1) is 0 Å². The van der Waals surface area contributed by atoms with Crippen molar-refractivity contribution < 1.29 is 9.59 Å². The van der Waals surface area contributed by atoms with Crippen molar-refractivity contribution in [2.24, 2.45) is 0 Å². The van der Waals surface area contributed by atoms with Gasteiger partial charge in [0.05, 0.1) is 0 Å². The number of fused-ring (bicyclic) bond motifs is 1. The number of amides is 2. The van der Waals surface area contributed by atoms with Gasteiger partial charge in [0.1, 0.15) is 6.04 Å². The van der Waals surface area contributed by atoms with Crippen molar-refractivity contribution in [2.75, 3.05) is 0 Å². The molecular formula is C18H22N2O2. The van der Waals surface area contributed by atoms with Gasteiger partial charge < -0.3 is 4.57 Å². The Morgan fingerprint density at radius 2 is 1.95 bits per heavy atom. The monoisotopic (exact) mass is 298 g/mol. The molecule has 4 nitrogen and oxygen atoms in total. The highest BCUT2D eigenvalue weighted by Crippen LogP contribution is 2.35. The summed E-state index contributed by atoms with van der Waals surface area (Å²) in [5, 5.41) is 3.67. The largest absolute Gasteiger partial charge is 0.335 e. The van der Waals surface area contributed by atoms with E-state index in [1.54, 1.807) is 0 Å². The molecule has 1 N–H and O–H groups in total. The van der Waals surface area contributed by atoms with Gasteiger partial charge in [-0.3, -0.25) is 14.9 Å². The van der Waals surface area contributed by atoms with Crippen LogP contribution in [0.5, 0.6) is 0 Å². The maximum atomic E-state index is 12.2. The van der Waals surface area contributed by atoms with Crippen LogP contribution in [0, 0.1) is 6.92 Å². The fraction of sp³-hybridized carbons (Fsp3) is 0.444.